The number of thioether (sulfide) groups is 1. The molecule has 2 aliphatic rings. The van der Waals surface area contributed by atoms with E-state index in [0.29, 0.717) is 18.2 Å². The van der Waals surface area contributed by atoms with Gasteiger partial charge in [0.1, 0.15) is 0 Å². The lowest BCUT2D eigenvalue weighted by atomic mass is 10.0. The number of benzene rings is 1. The number of hydrogen-bond acceptors (Lipinski definition) is 4. The number of carbonyl (C=O) groups is 2. The highest BCUT2D eigenvalue weighted by molar-refractivity contribution is 8.00. The Morgan fingerprint density at radius 2 is 2.20 bits per heavy atom. The van der Waals surface area contributed by atoms with Crippen molar-refractivity contribution in [3.63, 3.8) is 0 Å². The highest BCUT2D eigenvalue weighted by Gasteiger charge is 2.23. The standard InChI is InChI=1S/C19H27N3O2S/c1-13-6-3-4-10-22(13)11-5-9-20-19(24)15-7-8-17-16(12-15)21-18(23)14(2)25-17/h7-8,12-14H,3-6,9-11H2,1-2H3,(H,20,24)(H,21,23). The number of fused-ring (bicyclic) bond motifs is 1. The number of amides is 2. The second kappa shape index (κ2) is 8.23. The number of carbonyl (C=O) groups excluding carboxylic acids is 2. The summed E-state index contributed by atoms with van der Waals surface area (Å²) >= 11 is 1.53. The smallest absolute Gasteiger partial charge is 0.251 e. The first kappa shape index (κ1) is 18.3. The minimum absolute atomic E-state index is 0.00860. The second-order valence-corrected chi connectivity index (χ2v) is 8.33. The fourth-order valence-electron chi connectivity index (χ4n) is 3.43. The number of nitrogens with zero attached hydrogens (tertiary/aromatic N) is 1. The van der Waals surface area contributed by atoms with E-state index in [4.69, 9.17) is 0 Å². The van der Waals surface area contributed by atoms with Crippen LogP contribution in [0, 0.1) is 0 Å². The quantitative estimate of drug-likeness (QED) is 0.791. The Morgan fingerprint density at radius 1 is 1.36 bits per heavy atom. The molecule has 0 bridgehead atoms. The van der Waals surface area contributed by atoms with Crippen molar-refractivity contribution >= 4 is 29.3 Å². The van der Waals surface area contributed by atoms with Crippen molar-refractivity contribution in [1.29, 1.82) is 0 Å². The van der Waals surface area contributed by atoms with Crippen molar-refractivity contribution in [2.24, 2.45) is 0 Å². The molecule has 0 aromatic heterocycles. The minimum atomic E-state index is -0.0932. The lowest BCUT2D eigenvalue weighted by Gasteiger charge is -2.33. The third kappa shape index (κ3) is 4.55. The average molecular weight is 362 g/mol. The van der Waals surface area contributed by atoms with Gasteiger partial charge in [0.15, 0.2) is 0 Å². The van der Waals surface area contributed by atoms with Crippen LogP contribution in [0.4, 0.5) is 5.69 Å². The predicted molar refractivity (Wildman–Crippen MR) is 102 cm³/mol. The molecule has 1 aromatic carbocycles. The SMILES string of the molecule is CC1Sc2ccc(C(=O)NCCCN3CCCCC3C)cc2NC1=O. The second-order valence-electron chi connectivity index (χ2n) is 6.95. The molecule has 2 unspecified atom stereocenters. The molecule has 2 aliphatic heterocycles. The van der Waals surface area contributed by atoms with Crippen LogP contribution in [-0.2, 0) is 4.79 Å². The van der Waals surface area contributed by atoms with Gasteiger partial charge in [0.05, 0.1) is 10.9 Å². The van der Waals surface area contributed by atoms with E-state index >= 15 is 0 Å². The molecule has 2 N–H and O–H groups in total. The van der Waals surface area contributed by atoms with Crippen molar-refractivity contribution in [2.75, 3.05) is 25.0 Å². The molecule has 1 aromatic rings. The molecule has 0 radical (unpaired) electrons. The zero-order valence-electron chi connectivity index (χ0n) is 15.0. The summed E-state index contributed by atoms with van der Waals surface area (Å²) in [6.45, 7) is 7.06. The molecule has 2 atom stereocenters. The van der Waals surface area contributed by atoms with Crippen molar-refractivity contribution < 1.29 is 9.59 Å². The molecular weight excluding hydrogens is 334 g/mol. The minimum Gasteiger partial charge on any atom is -0.352 e. The van der Waals surface area contributed by atoms with Gasteiger partial charge in [0, 0.05) is 29.6 Å². The van der Waals surface area contributed by atoms with Crippen LogP contribution in [0.2, 0.25) is 0 Å². The maximum Gasteiger partial charge on any atom is 0.251 e. The Kier molecular flexibility index (Phi) is 6.02. The Labute approximate surface area is 153 Å². The molecular formula is C19H27N3O2S. The molecule has 0 spiro atoms. The van der Waals surface area contributed by atoms with Crippen molar-refractivity contribution in [3.8, 4) is 0 Å². The van der Waals surface area contributed by atoms with Crippen molar-refractivity contribution in [1.82, 2.24) is 10.2 Å². The summed E-state index contributed by atoms with van der Waals surface area (Å²) in [5, 5.41) is 5.78. The van der Waals surface area contributed by atoms with Crippen LogP contribution >= 0.6 is 11.8 Å². The van der Waals surface area contributed by atoms with Gasteiger partial charge in [-0.25, -0.2) is 0 Å². The number of anilines is 1. The van der Waals surface area contributed by atoms with Crippen LogP contribution < -0.4 is 10.6 Å². The van der Waals surface area contributed by atoms with Gasteiger partial charge >= 0.3 is 0 Å². The molecule has 5 nitrogen and oxygen atoms in total. The fraction of sp³-hybridized carbons (Fsp3) is 0.579. The summed E-state index contributed by atoms with van der Waals surface area (Å²) in [5.74, 6) is -0.0851. The van der Waals surface area contributed by atoms with E-state index < -0.39 is 0 Å². The average Bonchev–Trinajstić information content (AvgIpc) is 2.60. The van der Waals surface area contributed by atoms with E-state index in [1.807, 2.05) is 19.1 Å². The summed E-state index contributed by atoms with van der Waals surface area (Å²) in [7, 11) is 0. The van der Waals surface area contributed by atoms with E-state index in [2.05, 4.69) is 22.5 Å². The topological polar surface area (TPSA) is 61.4 Å². The molecule has 25 heavy (non-hydrogen) atoms. The molecule has 2 heterocycles. The number of rotatable bonds is 5. The maximum absolute atomic E-state index is 12.3. The van der Waals surface area contributed by atoms with Gasteiger partial charge in [-0.3, -0.25) is 9.59 Å². The normalized spacial score (nSPS) is 23.7. The summed E-state index contributed by atoms with van der Waals surface area (Å²) in [6, 6.07) is 6.18. The van der Waals surface area contributed by atoms with Crippen molar-refractivity contribution in [2.45, 2.75) is 55.7 Å². The van der Waals surface area contributed by atoms with Gasteiger partial charge in [0.2, 0.25) is 5.91 Å². The van der Waals surface area contributed by atoms with Gasteiger partial charge < -0.3 is 15.5 Å². The molecule has 2 amide bonds. The molecule has 0 saturated carbocycles. The number of hydrogen-bond donors (Lipinski definition) is 2. The summed E-state index contributed by atoms with van der Waals surface area (Å²) in [5.41, 5.74) is 1.34. The van der Waals surface area contributed by atoms with Crippen LogP contribution in [-0.4, -0.2) is 47.6 Å². The molecule has 1 saturated heterocycles. The predicted octanol–water partition coefficient (Wildman–Crippen LogP) is 3.11. The van der Waals surface area contributed by atoms with Crippen LogP contribution in [0.5, 0.6) is 0 Å². The van der Waals surface area contributed by atoms with Gasteiger partial charge in [-0.2, -0.15) is 0 Å². The third-order valence-electron chi connectivity index (χ3n) is 5.02. The highest BCUT2D eigenvalue weighted by Crippen LogP contribution is 2.35. The Morgan fingerprint density at radius 3 is 3.00 bits per heavy atom. The molecule has 136 valence electrons. The molecule has 3 rings (SSSR count). The van der Waals surface area contributed by atoms with E-state index in [1.54, 1.807) is 6.07 Å². The van der Waals surface area contributed by atoms with Crippen molar-refractivity contribution in [3.05, 3.63) is 23.8 Å². The lowest BCUT2D eigenvalue weighted by Crippen LogP contribution is -2.39. The van der Waals surface area contributed by atoms with Crippen LogP contribution in [0.25, 0.3) is 0 Å². The highest BCUT2D eigenvalue weighted by atomic mass is 32.2. The zero-order valence-corrected chi connectivity index (χ0v) is 15.8. The van der Waals surface area contributed by atoms with Gasteiger partial charge in [-0.1, -0.05) is 6.42 Å². The van der Waals surface area contributed by atoms with E-state index in [0.717, 1.165) is 23.5 Å². The van der Waals surface area contributed by atoms with Crippen LogP contribution in [0.1, 0.15) is 49.9 Å². The van der Waals surface area contributed by atoms with E-state index in [9.17, 15) is 9.59 Å². The van der Waals surface area contributed by atoms with Gasteiger partial charge in [-0.15, -0.1) is 11.8 Å². The first-order valence-corrected chi connectivity index (χ1v) is 10.1. The first-order valence-electron chi connectivity index (χ1n) is 9.18. The fourth-order valence-corrected chi connectivity index (χ4v) is 4.36. The first-order chi connectivity index (χ1) is 12.0. The monoisotopic (exact) mass is 361 g/mol. The Balaban J connectivity index is 1.48. The zero-order chi connectivity index (χ0) is 17.8. The van der Waals surface area contributed by atoms with E-state index in [-0.39, 0.29) is 17.1 Å². The summed E-state index contributed by atoms with van der Waals surface area (Å²) in [6.07, 6.45) is 4.86. The third-order valence-corrected chi connectivity index (χ3v) is 6.20. The van der Waals surface area contributed by atoms with Crippen LogP contribution in [0.15, 0.2) is 23.1 Å². The number of likely N-dealkylation sites (tertiary alicyclic amines) is 1. The van der Waals surface area contributed by atoms with Gasteiger partial charge in [0.25, 0.3) is 5.91 Å². The Bertz CT molecular complexity index is 650. The summed E-state index contributed by atoms with van der Waals surface area (Å²) in [4.78, 5) is 27.7. The lowest BCUT2D eigenvalue weighted by molar-refractivity contribution is -0.115. The molecule has 6 heteroatoms. The van der Waals surface area contributed by atoms with Gasteiger partial charge in [-0.05, 0) is 57.9 Å². The van der Waals surface area contributed by atoms with E-state index in [1.165, 1.54) is 37.6 Å². The Hall–Kier alpha value is -1.53. The summed E-state index contributed by atoms with van der Waals surface area (Å²) < 4.78 is 0. The van der Waals surface area contributed by atoms with Crippen LogP contribution in [0.3, 0.4) is 0 Å². The number of nitrogens with one attached hydrogen (secondary N) is 2. The number of piperidine rings is 1. The largest absolute Gasteiger partial charge is 0.352 e. The maximum atomic E-state index is 12.3. The molecule has 1 fully saturated rings. The molecule has 0 aliphatic carbocycles.